The van der Waals surface area contributed by atoms with Crippen LogP contribution in [0.3, 0.4) is 0 Å². The van der Waals surface area contributed by atoms with Gasteiger partial charge in [-0.05, 0) is 6.92 Å². The maximum Gasteiger partial charge on any atom is 0.232 e. The molecule has 0 saturated carbocycles. The predicted octanol–water partition coefficient (Wildman–Crippen LogP) is 0.747. The standard InChI is InChI=1S/C7H7N3O/c1-2-11-6-4-9-7(3-8)10-5-6/h4-5H,2H2,1H3. The lowest BCUT2D eigenvalue weighted by atomic mass is 10.5. The summed E-state index contributed by atoms with van der Waals surface area (Å²) in [6.07, 6.45) is 2.96. The topological polar surface area (TPSA) is 58.8 Å². The molecule has 1 aromatic heterocycles. The summed E-state index contributed by atoms with van der Waals surface area (Å²) in [5, 5.41) is 8.34. The fourth-order valence-electron chi connectivity index (χ4n) is 0.615. The van der Waals surface area contributed by atoms with Crippen molar-refractivity contribution in [2.75, 3.05) is 6.61 Å². The van der Waals surface area contributed by atoms with Crippen LogP contribution in [-0.4, -0.2) is 16.6 Å². The number of nitriles is 1. The van der Waals surface area contributed by atoms with Crippen molar-refractivity contribution in [3.63, 3.8) is 0 Å². The van der Waals surface area contributed by atoms with Crippen LogP contribution in [0.1, 0.15) is 12.7 Å². The lowest BCUT2D eigenvalue weighted by Crippen LogP contribution is -1.94. The Hall–Kier alpha value is -1.63. The molecule has 0 fully saturated rings. The molecule has 0 amide bonds. The van der Waals surface area contributed by atoms with E-state index in [-0.39, 0.29) is 5.82 Å². The van der Waals surface area contributed by atoms with E-state index in [9.17, 15) is 0 Å². The molecule has 0 aromatic carbocycles. The van der Waals surface area contributed by atoms with E-state index in [1.165, 1.54) is 12.4 Å². The van der Waals surface area contributed by atoms with Crippen molar-refractivity contribution in [3.05, 3.63) is 18.2 Å². The van der Waals surface area contributed by atoms with E-state index in [4.69, 9.17) is 10.00 Å². The van der Waals surface area contributed by atoms with Gasteiger partial charge in [0.05, 0.1) is 19.0 Å². The predicted molar refractivity (Wildman–Crippen MR) is 37.9 cm³/mol. The smallest absolute Gasteiger partial charge is 0.232 e. The highest BCUT2D eigenvalue weighted by Crippen LogP contribution is 2.04. The second-order valence-corrected chi connectivity index (χ2v) is 1.79. The summed E-state index contributed by atoms with van der Waals surface area (Å²) in [5.74, 6) is 0.750. The van der Waals surface area contributed by atoms with Crippen molar-refractivity contribution in [1.29, 1.82) is 5.26 Å². The minimum atomic E-state index is 0.161. The van der Waals surface area contributed by atoms with E-state index in [1.54, 1.807) is 0 Å². The largest absolute Gasteiger partial charge is 0.491 e. The molecule has 1 heterocycles. The Morgan fingerprint density at radius 3 is 2.64 bits per heavy atom. The molecule has 0 bridgehead atoms. The molecule has 1 aromatic rings. The Morgan fingerprint density at radius 2 is 2.18 bits per heavy atom. The van der Waals surface area contributed by atoms with Gasteiger partial charge in [-0.25, -0.2) is 9.97 Å². The Kier molecular flexibility index (Phi) is 2.39. The van der Waals surface area contributed by atoms with Crippen molar-refractivity contribution in [3.8, 4) is 11.8 Å². The van der Waals surface area contributed by atoms with Gasteiger partial charge in [-0.15, -0.1) is 0 Å². The van der Waals surface area contributed by atoms with Gasteiger partial charge in [0.15, 0.2) is 5.75 Å². The van der Waals surface area contributed by atoms with E-state index in [1.807, 2.05) is 13.0 Å². The lowest BCUT2D eigenvalue weighted by molar-refractivity contribution is 0.337. The van der Waals surface area contributed by atoms with Gasteiger partial charge in [0.25, 0.3) is 0 Å². The molecule has 0 saturated heterocycles. The zero-order valence-corrected chi connectivity index (χ0v) is 6.11. The average Bonchev–Trinajstić information content (AvgIpc) is 2.07. The highest BCUT2D eigenvalue weighted by Gasteiger charge is 1.94. The maximum atomic E-state index is 8.34. The van der Waals surface area contributed by atoms with Gasteiger partial charge in [-0.3, -0.25) is 0 Å². The normalized spacial score (nSPS) is 8.73. The molecule has 0 radical (unpaired) electrons. The third-order valence-corrected chi connectivity index (χ3v) is 1.04. The molecule has 0 spiro atoms. The first-order chi connectivity index (χ1) is 5.36. The van der Waals surface area contributed by atoms with Crippen LogP contribution in [-0.2, 0) is 0 Å². The Bertz CT molecular complexity index is 262. The number of hydrogen-bond acceptors (Lipinski definition) is 4. The Balaban J connectivity index is 2.76. The molecule has 1 rings (SSSR count). The Morgan fingerprint density at radius 1 is 1.55 bits per heavy atom. The Labute approximate surface area is 64.5 Å². The first-order valence-electron chi connectivity index (χ1n) is 3.21. The van der Waals surface area contributed by atoms with Gasteiger partial charge in [-0.2, -0.15) is 5.26 Å². The van der Waals surface area contributed by atoms with Gasteiger partial charge >= 0.3 is 0 Å². The van der Waals surface area contributed by atoms with Crippen molar-refractivity contribution in [1.82, 2.24) is 9.97 Å². The number of ether oxygens (including phenoxy) is 1. The van der Waals surface area contributed by atoms with Crippen LogP contribution in [0, 0.1) is 11.3 Å². The summed E-state index contributed by atoms with van der Waals surface area (Å²) in [6, 6.07) is 1.82. The zero-order chi connectivity index (χ0) is 8.10. The molecule has 11 heavy (non-hydrogen) atoms. The molecule has 0 aliphatic rings. The third-order valence-electron chi connectivity index (χ3n) is 1.04. The van der Waals surface area contributed by atoms with Crippen LogP contribution in [0.4, 0.5) is 0 Å². The van der Waals surface area contributed by atoms with Crippen LogP contribution in [0.25, 0.3) is 0 Å². The van der Waals surface area contributed by atoms with Gasteiger partial charge in [-0.1, -0.05) is 0 Å². The van der Waals surface area contributed by atoms with Crippen LogP contribution in [0.5, 0.6) is 5.75 Å². The summed E-state index contributed by atoms with van der Waals surface area (Å²) in [7, 11) is 0. The van der Waals surface area contributed by atoms with Crippen molar-refractivity contribution >= 4 is 0 Å². The van der Waals surface area contributed by atoms with Crippen LogP contribution in [0.2, 0.25) is 0 Å². The monoisotopic (exact) mass is 149 g/mol. The maximum absolute atomic E-state index is 8.34. The van der Waals surface area contributed by atoms with E-state index >= 15 is 0 Å². The summed E-state index contributed by atoms with van der Waals surface area (Å²) in [4.78, 5) is 7.44. The molecule has 0 unspecified atom stereocenters. The minimum absolute atomic E-state index is 0.161. The van der Waals surface area contributed by atoms with Crippen LogP contribution >= 0.6 is 0 Å². The number of nitrogens with zero attached hydrogens (tertiary/aromatic N) is 3. The molecule has 56 valence electrons. The first kappa shape index (κ1) is 7.48. The van der Waals surface area contributed by atoms with Crippen LogP contribution < -0.4 is 4.74 Å². The molecule has 0 aliphatic heterocycles. The average molecular weight is 149 g/mol. The summed E-state index contributed by atoms with van der Waals surface area (Å²) < 4.78 is 5.07. The molecule has 0 atom stereocenters. The quantitative estimate of drug-likeness (QED) is 0.622. The highest BCUT2D eigenvalue weighted by molar-refractivity contribution is 5.17. The fraction of sp³-hybridized carbons (Fsp3) is 0.286. The molecule has 4 heteroatoms. The summed E-state index contributed by atoms with van der Waals surface area (Å²) in [6.45, 7) is 2.45. The number of hydrogen-bond donors (Lipinski definition) is 0. The van der Waals surface area contributed by atoms with E-state index in [2.05, 4.69) is 9.97 Å². The molecule has 0 aliphatic carbocycles. The van der Waals surface area contributed by atoms with Gasteiger partial charge in [0.1, 0.15) is 6.07 Å². The van der Waals surface area contributed by atoms with E-state index in [0.717, 1.165) is 0 Å². The summed E-state index contributed by atoms with van der Waals surface area (Å²) in [5.41, 5.74) is 0. The van der Waals surface area contributed by atoms with E-state index < -0.39 is 0 Å². The minimum Gasteiger partial charge on any atom is -0.491 e. The highest BCUT2D eigenvalue weighted by atomic mass is 16.5. The third kappa shape index (κ3) is 1.90. The molecular weight excluding hydrogens is 142 g/mol. The molecular formula is C7H7N3O. The molecule has 0 N–H and O–H groups in total. The van der Waals surface area contributed by atoms with E-state index in [0.29, 0.717) is 12.4 Å². The van der Waals surface area contributed by atoms with Crippen LogP contribution in [0.15, 0.2) is 12.4 Å². The lowest BCUT2D eigenvalue weighted by Gasteiger charge is -1.98. The van der Waals surface area contributed by atoms with Gasteiger partial charge in [0, 0.05) is 0 Å². The van der Waals surface area contributed by atoms with Crippen molar-refractivity contribution in [2.24, 2.45) is 0 Å². The second kappa shape index (κ2) is 3.52. The number of rotatable bonds is 2. The first-order valence-corrected chi connectivity index (χ1v) is 3.21. The number of aromatic nitrogens is 2. The fourth-order valence-corrected chi connectivity index (χ4v) is 0.615. The zero-order valence-electron chi connectivity index (χ0n) is 6.11. The van der Waals surface area contributed by atoms with Crippen molar-refractivity contribution in [2.45, 2.75) is 6.92 Å². The molecule has 4 nitrogen and oxygen atoms in total. The summed E-state index contributed by atoms with van der Waals surface area (Å²) >= 11 is 0. The SMILES string of the molecule is CCOc1cnc(C#N)nc1. The van der Waals surface area contributed by atoms with Crippen molar-refractivity contribution < 1.29 is 4.74 Å². The van der Waals surface area contributed by atoms with Gasteiger partial charge in [0.2, 0.25) is 5.82 Å². The van der Waals surface area contributed by atoms with Gasteiger partial charge < -0.3 is 4.74 Å². The second-order valence-electron chi connectivity index (χ2n) is 1.79.